The Morgan fingerprint density at radius 2 is 1.17 bits per heavy atom. The van der Waals surface area contributed by atoms with E-state index in [-0.39, 0.29) is 11.6 Å². The molecule has 5 rings (SSSR count). The summed E-state index contributed by atoms with van der Waals surface area (Å²) >= 11 is 8.18. The third kappa shape index (κ3) is 15.4. The Labute approximate surface area is 419 Å². The summed E-state index contributed by atoms with van der Waals surface area (Å²) in [4.78, 5) is 13.5. The van der Waals surface area contributed by atoms with Gasteiger partial charge in [-0.2, -0.15) is 0 Å². The predicted octanol–water partition coefficient (Wildman–Crippen LogP) is 16.0. The Hall–Kier alpha value is -3.79. The summed E-state index contributed by atoms with van der Waals surface area (Å²) in [5.41, 5.74) is 13.1. The average molecular weight is 1080 g/mol. The standard InChI is InChI=1S/C55H68Br2F2N4O2.Zn/c1-6-11-15-17-21-38(19-13-8-3)36-64-51-31-23-40(34-43(51)58)33-42-25-26-49(61-42)55(57)50-30-28-47(63-50)53(46-27-29-48(62-46)54(56)45(60)10-5)41-24-32-52(44(59)35-41)65-37-39(20-14-9-4)22-18-16-12-7-2;/h10,23-32,34-35,38-39,62H,5-9,11-22,36-37,60H2,1-4H3;/b53-47-,54-45+,55-49+;. The number of hydrogen-bond acceptors (Lipinski definition) is 5. The molecule has 2 aromatic carbocycles. The van der Waals surface area contributed by atoms with Crippen LogP contribution in [0.4, 0.5) is 8.78 Å². The van der Waals surface area contributed by atoms with Crippen LogP contribution in [0.15, 0.2) is 117 Å². The van der Waals surface area contributed by atoms with Crippen LogP contribution in [0, 0.1) is 23.5 Å². The van der Waals surface area contributed by atoms with Crippen LogP contribution in [-0.4, -0.2) is 33.7 Å². The summed E-state index contributed by atoms with van der Waals surface area (Å²) < 4.78 is 46.2. The number of aromatic amines is 1. The van der Waals surface area contributed by atoms with E-state index in [2.05, 4.69) is 71.1 Å². The van der Waals surface area contributed by atoms with Gasteiger partial charge in [-0.3, -0.25) is 0 Å². The Kier molecular flexibility index (Phi) is 22.5. The number of aliphatic imine (C=N–C) groups is 2. The van der Waals surface area contributed by atoms with Gasteiger partial charge < -0.3 is 10.5 Å². The second-order valence-electron chi connectivity index (χ2n) is 17.5. The van der Waals surface area contributed by atoms with E-state index < -0.39 is 5.82 Å². The molecule has 0 saturated carbocycles. The summed E-state index contributed by atoms with van der Waals surface area (Å²) in [5, 5.41) is 0. The van der Waals surface area contributed by atoms with Gasteiger partial charge >= 0.3 is 272 Å². The van der Waals surface area contributed by atoms with E-state index in [1.165, 1.54) is 57.4 Å². The molecule has 0 spiro atoms. The zero-order valence-electron chi connectivity index (χ0n) is 39.6. The molecule has 0 bridgehead atoms. The molecule has 2 atom stereocenters. The maximum atomic E-state index is 16.1. The zero-order valence-corrected chi connectivity index (χ0v) is 45.7. The van der Waals surface area contributed by atoms with Crippen LogP contribution in [0.5, 0.6) is 11.5 Å². The van der Waals surface area contributed by atoms with Crippen molar-refractivity contribution in [1.82, 2.24) is 4.98 Å². The van der Waals surface area contributed by atoms with Crippen LogP contribution in [0.1, 0.15) is 153 Å². The van der Waals surface area contributed by atoms with Crippen molar-refractivity contribution in [3.63, 3.8) is 0 Å². The van der Waals surface area contributed by atoms with Crippen LogP contribution in [0.25, 0.3) is 10.1 Å². The first-order valence-corrected chi connectivity index (χ1v) is 27.3. The molecule has 11 heteroatoms. The van der Waals surface area contributed by atoms with Crippen molar-refractivity contribution >= 4 is 57.4 Å². The van der Waals surface area contributed by atoms with E-state index in [1.807, 2.05) is 48.6 Å². The average Bonchev–Trinajstić information content (AvgIpc) is 4.13. The molecule has 0 aliphatic carbocycles. The molecule has 2 aliphatic heterocycles. The van der Waals surface area contributed by atoms with Crippen LogP contribution in [-0.2, 0) is 17.9 Å². The Morgan fingerprint density at radius 3 is 1.73 bits per heavy atom. The predicted molar refractivity (Wildman–Crippen MR) is 278 cm³/mol. The van der Waals surface area contributed by atoms with E-state index in [0.29, 0.717) is 73.7 Å². The van der Waals surface area contributed by atoms with E-state index in [4.69, 9.17) is 25.2 Å². The first kappa shape index (κ1) is 53.2. The van der Waals surface area contributed by atoms with Crippen LogP contribution < -0.4 is 15.2 Å². The number of ether oxygens (including phenoxy) is 2. The number of aromatic nitrogens is 1. The fourth-order valence-electron chi connectivity index (χ4n) is 8.23. The van der Waals surface area contributed by atoms with Gasteiger partial charge in [-0.25, -0.2) is 4.39 Å². The van der Waals surface area contributed by atoms with E-state index >= 15 is 8.78 Å². The van der Waals surface area contributed by atoms with Gasteiger partial charge in [0.2, 0.25) is 0 Å². The van der Waals surface area contributed by atoms with Gasteiger partial charge in [-0.15, -0.1) is 0 Å². The molecular weight excluding hydrogens is 1010 g/mol. The Morgan fingerprint density at radius 1 is 0.667 bits per heavy atom. The molecule has 3 aromatic rings. The molecule has 2 unspecified atom stereocenters. The van der Waals surface area contributed by atoms with Crippen molar-refractivity contribution < 1.29 is 36.1 Å². The summed E-state index contributed by atoms with van der Waals surface area (Å²) in [6.45, 7) is 13.7. The molecule has 0 saturated heterocycles. The van der Waals surface area contributed by atoms with E-state index in [0.717, 1.165) is 96.0 Å². The van der Waals surface area contributed by atoms with Gasteiger partial charge in [-0.05, 0) is 40.8 Å². The molecule has 0 radical (unpaired) electrons. The molecular formula is C55H68Br2F2N4O2Zn. The molecule has 350 valence electrons. The quantitative estimate of drug-likeness (QED) is 0.0413. The number of nitrogens with zero attached hydrogens (tertiary/aromatic N) is 2. The molecule has 0 fully saturated rings. The van der Waals surface area contributed by atoms with Crippen LogP contribution >= 0.6 is 31.9 Å². The third-order valence-electron chi connectivity index (χ3n) is 12.3. The normalized spacial score (nSPS) is 16.2. The minimum atomic E-state index is -0.428. The molecule has 2 aliphatic rings. The molecule has 0 amide bonds. The SMILES string of the molecule is C=C/C(N)=C(\Br)c1ccc(/C(=C2/C=CC(C(/Br)=C3/C=CC([C](=[Zn])c4ccc(OCC(CCCC)CCCCCC)c(F)c4)=N3)=N2)c2ccc(OCC(CCCC)CCCCCC)c(F)c2)[nH]1. The van der Waals surface area contributed by atoms with Crippen molar-refractivity contribution in [2.75, 3.05) is 13.2 Å². The first-order chi connectivity index (χ1) is 32.0. The third-order valence-corrected chi connectivity index (χ3v) is 15.6. The molecule has 6 nitrogen and oxygen atoms in total. The zero-order chi connectivity index (χ0) is 47.4. The maximum absolute atomic E-state index is 16.1. The second-order valence-corrected chi connectivity index (χ2v) is 20.6. The van der Waals surface area contributed by atoms with Gasteiger partial charge in [0.15, 0.2) is 5.75 Å². The summed E-state index contributed by atoms with van der Waals surface area (Å²) in [6, 6.07) is 14.2. The van der Waals surface area contributed by atoms with Crippen molar-refractivity contribution in [3.8, 4) is 11.5 Å². The van der Waals surface area contributed by atoms with Crippen molar-refractivity contribution in [1.29, 1.82) is 0 Å². The van der Waals surface area contributed by atoms with Gasteiger partial charge in [0, 0.05) is 5.70 Å². The topological polar surface area (TPSA) is 85.0 Å². The number of hydrogen-bond donors (Lipinski definition) is 2. The van der Waals surface area contributed by atoms with Gasteiger partial charge in [0.25, 0.3) is 0 Å². The Balaban J connectivity index is 1.37. The number of allylic oxidation sites excluding steroid dienone is 6. The fourth-order valence-corrected chi connectivity index (χ4v) is 9.94. The molecule has 66 heavy (non-hydrogen) atoms. The summed E-state index contributed by atoms with van der Waals surface area (Å²) in [5.74, 6) is 0.595. The van der Waals surface area contributed by atoms with Crippen LogP contribution in [0.2, 0.25) is 0 Å². The molecule has 3 N–H and O–H groups in total. The summed E-state index contributed by atoms with van der Waals surface area (Å²) in [6.07, 6.45) is 28.0. The number of benzene rings is 2. The number of nitrogens with one attached hydrogen (secondary N) is 1. The first-order valence-electron chi connectivity index (χ1n) is 24.2. The Bertz CT molecular complexity index is 2360. The number of rotatable bonds is 29. The molecule has 3 heterocycles. The fraction of sp³-hybridized carbons (Fsp3) is 0.436. The number of halogens is 4. The number of H-pyrrole nitrogens is 1. The van der Waals surface area contributed by atoms with Crippen molar-refractivity contribution in [2.24, 2.45) is 27.6 Å². The monoisotopic (exact) mass is 1080 g/mol. The molecule has 1 aromatic heterocycles. The van der Waals surface area contributed by atoms with Crippen LogP contribution in [0.3, 0.4) is 0 Å². The van der Waals surface area contributed by atoms with E-state index in [1.54, 1.807) is 24.3 Å². The number of unbranched alkanes of at least 4 members (excludes halogenated alkanes) is 8. The van der Waals surface area contributed by atoms with Gasteiger partial charge in [0.05, 0.1) is 11.1 Å². The van der Waals surface area contributed by atoms with Crippen molar-refractivity contribution in [2.45, 2.75) is 130 Å². The number of nitrogens with two attached hydrogens (primary N) is 1. The van der Waals surface area contributed by atoms with Gasteiger partial charge in [0.1, 0.15) is 0 Å². The van der Waals surface area contributed by atoms with Crippen molar-refractivity contribution in [3.05, 3.63) is 141 Å². The van der Waals surface area contributed by atoms with E-state index in [9.17, 15) is 0 Å². The minimum absolute atomic E-state index is 0.247. The summed E-state index contributed by atoms with van der Waals surface area (Å²) in [7, 11) is 0. The second kappa shape index (κ2) is 27.9. The van der Waals surface area contributed by atoms with Gasteiger partial charge in [-0.1, -0.05) is 72.3 Å².